The predicted octanol–water partition coefficient (Wildman–Crippen LogP) is 3.59. The molecule has 2 nitrogen and oxygen atoms in total. The summed E-state index contributed by atoms with van der Waals surface area (Å²) in [6.45, 7) is 5.71. The molecule has 0 amide bonds. The summed E-state index contributed by atoms with van der Waals surface area (Å²) in [4.78, 5) is 11.1. The molecule has 0 saturated carbocycles. The summed E-state index contributed by atoms with van der Waals surface area (Å²) < 4.78 is 17.6. The van der Waals surface area contributed by atoms with Crippen LogP contribution in [0.15, 0.2) is 11.6 Å². The van der Waals surface area contributed by atoms with Crippen LogP contribution in [0.2, 0.25) is 0 Å². The normalized spacial score (nSPS) is 23.6. The molecular formula is C12H18ClFO2. The van der Waals surface area contributed by atoms with Gasteiger partial charge in [0.2, 0.25) is 0 Å². The molecule has 0 aromatic carbocycles. The van der Waals surface area contributed by atoms with Gasteiger partial charge in [-0.05, 0) is 40.0 Å². The fourth-order valence-corrected chi connectivity index (χ4v) is 2.03. The minimum absolute atomic E-state index is 0.232. The van der Waals surface area contributed by atoms with E-state index in [0.717, 1.165) is 19.3 Å². The average Bonchev–Trinajstić information content (AvgIpc) is 2.17. The molecule has 1 rings (SSSR count). The molecule has 0 radical (unpaired) electrons. The summed E-state index contributed by atoms with van der Waals surface area (Å²) in [7, 11) is 0. The maximum atomic E-state index is 12.5. The summed E-state index contributed by atoms with van der Waals surface area (Å²) in [6, 6.07) is 0. The van der Waals surface area contributed by atoms with Crippen LogP contribution in [-0.4, -0.2) is 17.2 Å². The number of carbonyl (C=O) groups is 1. The van der Waals surface area contributed by atoms with Gasteiger partial charge in [0.1, 0.15) is 5.60 Å². The zero-order chi connectivity index (χ0) is 12.3. The highest BCUT2D eigenvalue weighted by atomic mass is 35.5. The number of esters is 1. The van der Waals surface area contributed by atoms with E-state index in [4.69, 9.17) is 16.3 Å². The van der Waals surface area contributed by atoms with E-state index in [9.17, 15) is 9.18 Å². The fraction of sp³-hybridized carbons (Fsp3) is 0.750. The van der Waals surface area contributed by atoms with Gasteiger partial charge in [0.25, 0.3) is 5.63 Å². The molecule has 1 aliphatic carbocycles. The first kappa shape index (κ1) is 13.5. The Bertz CT molecular complexity index is 297. The van der Waals surface area contributed by atoms with Crippen molar-refractivity contribution >= 4 is 17.6 Å². The van der Waals surface area contributed by atoms with Gasteiger partial charge in [-0.1, -0.05) is 23.3 Å². The van der Waals surface area contributed by atoms with Gasteiger partial charge in [0.05, 0.1) is 0 Å². The number of ether oxygens (including phenoxy) is 1. The van der Waals surface area contributed by atoms with Gasteiger partial charge in [0, 0.05) is 5.92 Å². The average molecular weight is 249 g/mol. The predicted molar refractivity (Wildman–Crippen MR) is 62.0 cm³/mol. The van der Waals surface area contributed by atoms with Gasteiger partial charge in [-0.25, -0.2) is 9.18 Å². The molecular weight excluding hydrogens is 231 g/mol. The fourth-order valence-electron chi connectivity index (χ4n) is 1.98. The van der Waals surface area contributed by atoms with Crippen molar-refractivity contribution in [3.05, 3.63) is 11.6 Å². The van der Waals surface area contributed by atoms with Gasteiger partial charge in [-0.2, -0.15) is 0 Å². The summed E-state index contributed by atoms with van der Waals surface area (Å²) in [5.41, 5.74) is -1.37. The maximum Gasteiger partial charge on any atom is 0.357 e. The van der Waals surface area contributed by atoms with Crippen LogP contribution >= 0.6 is 11.6 Å². The molecule has 0 N–H and O–H groups in total. The molecule has 0 saturated heterocycles. The zero-order valence-electron chi connectivity index (χ0n) is 9.93. The maximum absolute atomic E-state index is 12.5. The van der Waals surface area contributed by atoms with Crippen LogP contribution in [0.4, 0.5) is 4.39 Å². The Morgan fingerprint density at radius 3 is 2.75 bits per heavy atom. The van der Waals surface area contributed by atoms with Gasteiger partial charge in [-0.3, -0.25) is 0 Å². The Hall–Kier alpha value is -0.570. The first-order valence-electron chi connectivity index (χ1n) is 5.49. The molecule has 0 heterocycles. The molecule has 1 aliphatic rings. The molecule has 0 spiro atoms. The SMILES string of the molecule is CC1=CC[C@H](C(C)(C)OC(=O)C(F)Cl)CC1. The van der Waals surface area contributed by atoms with Crippen LogP contribution < -0.4 is 0 Å². The van der Waals surface area contributed by atoms with Crippen molar-refractivity contribution in [2.75, 3.05) is 0 Å². The van der Waals surface area contributed by atoms with Gasteiger partial charge >= 0.3 is 5.97 Å². The first-order valence-corrected chi connectivity index (χ1v) is 5.93. The number of halogens is 2. The number of alkyl halides is 2. The largest absolute Gasteiger partial charge is 0.456 e. The van der Waals surface area contributed by atoms with Crippen LogP contribution in [0.25, 0.3) is 0 Å². The van der Waals surface area contributed by atoms with Gasteiger partial charge in [0.15, 0.2) is 0 Å². The minimum atomic E-state index is -2.07. The highest BCUT2D eigenvalue weighted by Crippen LogP contribution is 2.34. The molecule has 0 aromatic rings. The smallest absolute Gasteiger partial charge is 0.357 e. The molecule has 0 aliphatic heterocycles. The highest BCUT2D eigenvalue weighted by molar-refractivity contribution is 6.28. The van der Waals surface area contributed by atoms with E-state index in [-0.39, 0.29) is 5.92 Å². The van der Waals surface area contributed by atoms with E-state index < -0.39 is 17.2 Å². The van der Waals surface area contributed by atoms with E-state index in [1.165, 1.54) is 5.57 Å². The molecule has 2 atom stereocenters. The molecule has 1 unspecified atom stereocenters. The van der Waals surface area contributed by atoms with E-state index >= 15 is 0 Å². The molecule has 4 heteroatoms. The Kier molecular flexibility index (Phi) is 4.36. The Balaban J connectivity index is 2.60. The third-order valence-corrected chi connectivity index (χ3v) is 3.34. The Morgan fingerprint density at radius 2 is 2.31 bits per heavy atom. The molecule has 92 valence electrons. The summed E-state index contributed by atoms with van der Waals surface area (Å²) in [5.74, 6) is -0.756. The quantitative estimate of drug-likeness (QED) is 0.433. The standard InChI is InChI=1S/C12H18ClFO2/c1-8-4-6-9(7-5-8)12(2,3)16-11(15)10(13)14/h4,9-10H,5-7H2,1-3H3/t9-,10?/m0/s1. The summed E-state index contributed by atoms with van der Waals surface area (Å²) >= 11 is 5.04. The van der Waals surface area contributed by atoms with Crippen LogP contribution in [0.5, 0.6) is 0 Å². The van der Waals surface area contributed by atoms with E-state index in [0.29, 0.717) is 0 Å². The topological polar surface area (TPSA) is 26.3 Å². The molecule has 0 aromatic heterocycles. The van der Waals surface area contributed by atoms with Crippen LogP contribution in [0, 0.1) is 5.92 Å². The van der Waals surface area contributed by atoms with Crippen molar-refractivity contribution in [2.24, 2.45) is 5.92 Å². The van der Waals surface area contributed by atoms with E-state index in [2.05, 4.69) is 13.0 Å². The van der Waals surface area contributed by atoms with Crippen molar-refractivity contribution in [3.8, 4) is 0 Å². The van der Waals surface area contributed by atoms with Crippen molar-refractivity contribution in [1.82, 2.24) is 0 Å². The first-order chi connectivity index (χ1) is 7.33. The van der Waals surface area contributed by atoms with Crippen molar-refractivity contribution in [1.29, 1.82) is 0 Å². The minimum Gasteiger partial charge on any atom is -0.456 e. The lowest BCUT2D eigenvalue weighted by Gasteiger charge is -2.35. The summed E-state index contributed by atoms with van der Waals surface area (Å²) in [5, 5.41) is 0. The van der Waals surface area contributed by atoms with Crippen LogP contribution in [0.3, 0.4) is 0 Å². The van der Waals surface area contributed by atoms with Gasteiger partial charge < -0.3 is 4.74 Å². The lowest BCUT2D eigenvalue weighted by molar-refractivity contribution is -0.165. The number of hydrogen-bond acceptors (Lipinski definition) is 2. The molecule has 0 fully saturated rings. The lowest BCUT2D eigenvalue weighted by atomic mass is 9.79. The van der Waals surface area contributed by atoms with Crippen LogP contribution in [0.1, 0.15) is 40.0 Å². The second-order valence-corrected chi connectivity index (χ2v) is 5.23. The zero-order valence-corrected chi connectivity index (χ0v) is 10.7. The Labute approximate surface area is 101 Å². The number of rotatable bonds is 3. The van der Waals surface area contributed by atoms with Crippen LogP contribution in [-0.2, 0) is 9.53 Å². The van der Waals surface area contributed by atoms with Crippen molar-refractivity contribution in [2.45, 2.75) is 51.3 Å². The van der Waals surface area contributed by atoms with Crippen molar-refractivity contribution < 1.29 is 13.9 Å². The Morgan fingerprint density at radius 1 is 1.69 bits per heavy atom. The highest BCUT2D eigenvalue weighted by Gasteiger charge is 2.35. The second kappa shape index (κ2) is 5.17. The number of carbonyl (C=O) groups excluding carboxylic acids is 1. The molecule has 0 bridgehead atoms. The van der Waals surface area contributed by atoms with Crippen molar-refractivity contribution in [3.63, 3.8) is 0 Å². The second-order valence-electron chi connectivity index (χ2n) is 4.85. The third kappa shape index (κ3) is 3.48. The lowest BCUT2D eigenvalue weighted by Crippen LogP contribution is -2.39. The van der Waals surface area contributed by atoms with E-state index in [1.807, 2.05) is 13.8 Å². The summed E-state index contributed by atoms with van der Waals surface area (Å²) in [6.07, 6.45) is 4.98. The third-order valence-electron chi connectivity index (χ3n) is 3.16. The number of hydrogen-bond donors (Lipinski definition) is 0. The number of allylic oxidation sites excluding steroid dienone is 2. The van der Waals surface area contributed by atoms with Gasteiger partial charge in [-0.15, -0.1) is 0 Å². The monoisotopic (exact) mass is 248 g/mol. The molecule has 16 heavy (non-hydrogen) atoms. The van der Waals surface area contributed by atoms with E-state index in [1.54, 1.807) is 0 Å².